The van der Waals surface area contributed by atoms with Crippen molar-refractivity contribution in [2.75, 3.05) is 6.61 Å². The molecule has 2 heterocycles. The van der Waals surface area contributed by atoms with Crippen molar-refractivity contribution in [1.29, 1.82) is 0 Å². The summed E-state index contributed by atoms with van der Waals surface area (Å²) in [6.07, 6.45) is 1.49. The van der Waals surface area contributed by atoms with Gasteiger partial charge in [-0.15, -0.1) is 0 Å². The molecule has 7 heteroatoms. The molecule has 21 heavy (non-hydrogen) atoms. The van der Waals surface area contributed by atoms with Crippen molar-refractivity contribution in [1.82, 2.24) is 19.9 Å². The molecule has 114 valence electrons. The van der Waals surface area contributed by atoms with Crippen LogP contribution in [0, 0.1) is 5.92 Å². The minimum absolute atomic E-state index is 0.0734. The zero-order valence-corrected chi connectivity index (χ0v) is 12.7. The third-order valence-corrected chi connectivity index (χ3v) is 2.83. The van der Waals surface area contributed by atoms with Crippen LogP contribution >= 0.6 is 0 Å². The fourth-order valence-corrected chi connectivity index (χ4v) is 1.68. The molecule has 2 aromatic heterocycles. The van der Waals surface area contributed by atoms with Crippen molar-refractivity contribution in [3.8, 4) is 0 Å². The lowest BCUT2D eigenvalue weighted by atomic mass is 10.2. The summed E-state index contributed by atoms with van der Waals surface area (Å²) in [5.74, 6) is 1.33. The maximum absolute atomic E-state index is 11.2. The Morgan fingerprint density at radius 3 is 2.81 bits per heavy atom. The number of nitrogens with zero attached hydrogens (tertiary/aromatic N) is 4. The monoisotopic (exact) mass is 292 g/mol. The highest BCUT2D eigenvalue weighted by Crippen LogP contribution is 2.14. The van der Waals surface area contributed by atoms with Crippen molar-refractivity contribution in [3.63, 3.8) is 0 Å². The Balaban J connectivity index is 1.97. The van der Waals surface area contributed by atoms with E-state index in [1.165, 1.54) is 6.92 Å². The number of hydrogen-bond donors (Lipinski definition) is 0. The first-order chi connectivity index (χ1) is 9.95. The fraction of sp³-hybridized carbons (Fsp3) is 0.571. The predicted molar refractivity (Wildman–Crippen MR) is 74.8 cm³/mol. The summed E-state index contributed by atoms with van der Waals surface area (Å²) in [6.45, 7) is 8.50. The molecular formula is C14H20N4O3. The standard InChI is InChI=1S/C14H20N4O3/c1-9(2)8-20-11(4)14-15-13(21-17-14)7-18-6-5-12(16-18)10(3)19/h5-6,9,11H,7-8H2,1-4H3. The van der Waals surface area contributed by atoms with Crippen molar-refractivity contribution < 1.29 is 14.1 Å². The van der Waals surface area contributed by atoms with E-state index in [2.05, 4.69) is 29.1 Å². The van der Waals surface area contributed by atoms with Crippen LogP contribution in [0.1, 0.15) is 56.0 Å². The number of carbonyl (C=O) groups is 1. The lowest BCUT2D eigenvalue weighted by molar-refractivity contribution is 0.0402. The second kappa shape index (κ2) is 6.62. The van der Waals surface area contributed by atoms with E-state index >= 15 is 0 Å². The van der Waals surface area contributed by atoms with Crippen LogP contribution in [0.15, 0.2) is 16.8 Å². The summed E-state index contributed by atoms with van der Waals surface area (Å²) in [7, 11) is 0. The molecule has 7 nitrogen and oxygen atoms in total. The molecule has 0 aliphatic heterocycles. The molecule has 2 rings (SSSR count). The zero-order valence-electron chi connectivity index (χ0n) is 12.7. The average Bonchev–Trinajstić information content (AvgIpc) is 3.05. The van der Waals surface area contributed by atoms with Crippen LogP contribution in [0.2, 0.25) is 0 Å². The highest BCUT2D eigenvalue weighted by Gasteiger charge is 2.15. The predicted octanol–water partition coefficient (Wildman–Crippen LogP) is 2.25. The first-order valence-corrected chi connectivity index (χ1v) is 6.94. The SMILES string of the molecule is CC(=O)c1ccn(Cc2nc(C(C)OCC(C)C)no2)n1. The van der Waals surface area contributed by atoms with Crippen LogP contribution in [0.25, 0.3) is 0 Å². The molecule has 0 spiro atoms. The molecule has 0 aliphatic carbocycles. The number of aromatic nitrogens is 4. The maximum atomic E-state index is 11.2. The Morgan fingerprint density at radius 2 is 2.19 bits per heavy atom. The number of ketones is 1. The van der Waals surface area contributed by atoms with Crippen molar-refractivity contribution in [2.45, 2.75) is 40.3 Å². The summed E-state index contributed by atoms with van der Waals surface area (Å²) < 4.78 is 12.4. The lowest BCUT2D eigenvalue weighted by Gasteiger charge is -2.10. The van der Waals surface area contributed by atoms with E-state index in [0.29, 0.717) is 36.5 Å². The average molecular weight is 292 g/mol. The van der Waals surface area contributed by atoms with Gasteiger partial charge in [0.05, 0.1) is 0 Å². The van der Waals surface area contributed by atoms with E-state index in [-0.39, 0.29) is 11.9 Å². The zero-order chi connectivity index (χ0) is 15.4. The van der Waals surface area contributed by atoms with Gasteiger partial charge in [-0.25, -0.2) is 0 Å². The van der Waals surface area contributed by atoms with Crippen molar-refractivity contribution >= 4 is 5.78 Å². The fourth-order valence-electron chi connectivity index (χ4n) is 1.68. The summed E-state index contributed by atoms with van der Waals surface area (Å²) in [6, 6.07) is 1.66. The molecule has 0 bridgehead atoms. The quantitative estimate of drug-likeness (QED) is 0.728. The van der Waals surface area contributed by atoms with Gasteiger partial charge in [0.15, 0.2) is 11.6 Å². The van der Waals surface area contributed by atoms with Gasteiger partial charge in [0.2, 0.25) is 5.89 Å². The highest BCUT2D eigenvalue weighted by atomic mass is 16.5. The molecule has 1 unspecified atom stereocenters. The smallest absolute Gasteiger partial charge is 0.248 e. The summed E-state index contributed by atoms with van der Waals surface area (Å²) in [5, 5.41) is 8.04. The van der Waals surface area contributed by atoms with E-state index in [4.69, 9.17) is 9.26 Å². The topological polar surface area (TPSA) is 83.0 Å². The van der Waals surface area contributed by atoms with E-state index in [1.807, 2.05) is 6.92 Å². The molecule has 0 aromatic carbocycles. The number of carbonyl (C=O) groups excluding carboxylic acids is 1. The third-order valence-electron chi connectivity index (χ3n) is 2.83. The molecule has 1 atom stereocenters. The Kier molecular flexibility index (Phi) is 4.85. The molecule has 0 N–H and O–H groups in total. The molecule has 0 aliphatic rings. The van der Waals surface area contributed by atoms with Crippen LogP contribution in [0.3, 0.4) is 0 Å². The first kappa shape index (κ1) is 15.4. The molecular weight excluding hydrogens is 272 g/mol. The van der Waals surface area contributed by atoms with Crippen LogP contribution in [-0.2, 0) is 11.3 Å². The van der Waals surface area contributed by atoms with Gasteiger partial charge in [0, 0.05) is 19.7 Å². The van der Waals surface area contributed by atoms with Gasteiger partial charge in [-0.05, 0) is 18.9 Å². The van der Waals surface area contributed by atoms with Crippen LogP contribution in [0.5, 0.6) is 0 Å². The Hall–Kier alpha value is -2.02. The summed E-state index contributed by atoms with van der Waals surface area (Å²) >= 11 is 0. The van der Waals surface area contributed by atoms with Gasteiger partial charge < -0.3 is 9.26 Å². The van der Waals surface area contributed by atoms with E-state index in [9.17, 15) is 4.79 Å². The van der Waals surface area contributed by atoms with E-state index < -0.39 is 0 Å². The van der Waals surface area contributed by atoms with Crippen LogP contribution in [-0.4, -0.2) is 32.3 Å². The molecule has 0 saturated heterocycles. The summed E-state index contributed by atoms with van der Waals surface area (Å²) in [5.41, 5.74) is 0.420. The Labute approximate surface area is 123 Å². The summed E-state index contributed by atoms with van der Waals surface area (Å²) in [4.78, 5) is 15.5. The second-order valence-corrected chi connectivity index (χ2v) is 5.37. The number of hydrogen-bond acceptors (Lipinski definition) is 6. The largest absolute Gasteiger partial charge is 0.370 e. The minimum Gasteiger partial charge on any atom is -0.370 e. The van der Waals surface area contributed by atoms with Crippen LogP contribution < -0.4 is 0 Å². The maximum Gasteiger partial charge on any atom is 0.248 e. The highest BCUT2D eigenvalue weighted by molar-refractivity contribution is 5.91. The molecule has 0 radical (unpaired) electrons. The number of ether oxygens (including phenoxy) is 1. The Morgan fingerprint density at radius 1 is 1.43 bits per heavy atom. The second-order valence-electron chi connectivity index (χ2n) is 5.37. The van der Waals surface area contributed by atoms with Gasteiger partial charge in [-0.3, -0.25) is 9.48 Å². The molecule has 0 saturated carbocycles. The van der Waals surface area contributed by atoms with Gasteiger partial charge in [-0.2, -0.15) is 10.1 Å². The number of rotatable bonds is 7. The molecule has 0 amide bonds. The minimum atomic E-state index is -0.213. The van der Waals surface area contributed by atoms with Gasteiger partial charge in [-0.1, -0.05) is 19.0 Å². The van der Waals surface area contributed by atoms with Gasteiger partial charge >= 0.3 is 0 Å². The Bertz CT molecular complexity index is 603. The van der Waals surface area contributed by atoms with Crippen LogP contribution in [0.4, 0.5) is 0 Å². The molecule has 2 aromatic rings. The lowest BCUT2D eigenvalue weighted by Crippen LogP contribution is -2.08. The van der Waals surface area contributed by atoms with Gasteiger partial charge in [0.1, 0.15) is 18.3 Å². The number of Topliss-reactive ketones (excluding diaryl/α,β-unsaturated/α-hetero) is 1. The van der Waals surface area contributed by atoms with Gasteiger partial charge in [0.25, 0.3) is 0 Å². The first-order valence-electron chi connectivity index (χ1n) is 6.94. The van der Waals surface area contributed by atoms with E-state index in [0.717, 1.165) is 0 Å². The molecule has 0 fully saturated rings. The third kappa shape index (κ3) is 4.22. The van der Waals surface area contributed by atoms with Crippen molar-refractivity contribution in [2.24, 2.45) is 5.92 Å². The normalized spacial score (nSPS) is 12.8. The van der Waals surface area contributed by atoms with E-state index in [1.54, 1.807) is 16.9 Å². The van der Waals surface area contributed by atoms with Crippen molar-refractivity contribution in [3.05, 3.63) is 29.7 Å².